The Bertz CT molecular complexity index is 2370. The first kappa shape index (κ1) is 52.9. The Labute approximate surface area is 405 Å². The highest BCUT2D eigenvalue weighted by Gasteiger charge is 2.52. The number of fused-ring (bicyclic) bond motifs is 1. The molecule has 5 heterocycles. The van der Waals surface area contributed by atoms with E-state index in [1.807, 2.05) is 4.90 Å². The van der Waals surface area contributed by atoms with Crippen LogP contribution in [-0.4, -0.2) is 228 Å². The van der Waals surface area contributed by atoms with Gasteiger partial charge in [-0.2, -0.15) is 0 Å². The summed E-state index contributed by atoms with van der Waals surface area (Å²) < 4.78 is 47.8. The lowest BCUT2D eigenvalue weighted by molar-refractivity contribution is -0.332. The Hall–Kier alpha value is -4.40. The number of aliphatic hydroxyl groups excluding tert-OH is 7. The van der Waals surface area contributed by atoms with Crippen LogP contribution in [0.1, 0.15) is 47.8 Å². The van der Waals surface area contributed by atoms with Crippen LogP contribution in [0.25, 0.3) is 10.9 Å². The van der Waals surface area contributed by atoms with E-state index >= 15 is 4.39 Å². The fourth-order valence-electron chi connectivity index (χ4n) is 9.66. The van der Waals surface area contributed by atoms with E-state index < -0.39 is 121 Å². The monoisotopic (exact) mass is 1010 g/mol. The summed E-state index contributed by atoms with van der Waals surface area (Å²) in [6, 6.07) is -0.545. The maximum Gasteiger partial charge on any atom is 0.341 e. The van der Waals surface area contributed by atoms with Gasteiger partial charge in [0.15, 0.2) is 12.6 Å². The molecule has 1 amide bonds. The summed E-state index contributed by atoms with van der Waals surface area (Å²) in [5.41, 5.74) is 18.4. The summed E-state index contributed by atoms with van der Waals surface area (Å²) in [4.78, 5) is 42.2. The summed E-state index contributed by atoms with van der Waals surface area (Å²) in [6.45, 7) is 3.16. The zero-order valence-electron chi connectivity index (χ0n) is 38.8. The molecule has 0 radical (unpaired) electrons. The number of amides is 1. The summed E-state index contributed by atoms with van der Waals surface area (Å²) in [5.74, 6) is -2.42. The van der Waals surface area contributed by atoms with Crippen LogP contribution in [0.15, 0.2) is 29.3 Å². The van der Waals surface area contributed by atoms with Crippen molar-refractivity contribution >= 4 is 28.5 Å². The molecule has 1 aromatic carbocycles. The number of anilines is 1. The molecule has 3 aliphatic heterocycles. The van der Waals surface area contributed by atoms with Crippen molar-refractivity contribution < 1.29 is 78.5 Å². The van der Waals surface area contributed by atoms with Crippen molar-refractivity contribution in [2.24, 2.45) is 17.2 Å². The van der Waals surface area contributed by atoms with E-state index in [0.29, 0.717) is 69.4 Å². The number of ether oxygens (including phenoxy) is 5. The molecule has 394 valence electrons. The Morgan fingerprint density at radius 1 is 0.859 bits per heavy atom. The number of halogens is 1. The molecular weight excluding hydrogens is 944 g/mol. The van der Waals surface area contributed by atoms with E-state index in [-0.39, 0.29) is 42.8 Å². The van der Waals surface area contributed by atoms with Crippen LogP contribution < -0.4 is 32.8 Å². The van der Waals surface area contributed by atoms with Gasteiger partial charge < -0.3 is 96.5 Å². The number of carbonyl (C=O) groups excluding carboxylic acids is 1. The lowest BCUT2D eigenvalue weighted by atomic mass is 9.83. The number of hydrogen-bond acceptors (Lipinski definition) is 22. The number of carbonyl (C=O) groups is 2. The second-order valence-electron chi connectivity index (χ2n) is 18.9. The van der Waals surface area contributed by atoms with Crippen LogP contribution >= 0.6 is 0 Å². The number of nitrogens with two attached hydrogens (primary N) is 3. The molecule has 27 heteroatoms. The van der Waals surface area contributed by atoms with Gasteiger partial charge in [0.25, 0.3) is 0 Å². The van der Waals surface area contributed by atoms with Crippen molar-refractivity contribution in [1.82, 2.24) is 29.8 Å². The number of rotatable bonds is 19. The number of aliphatic hydroxyl groups is 7. The number of aryl methyl sites for hydroxylation is 1. The number of carboxylic acid groups (broad SMARTS) is 1. The first-order chi connectivity index (χ1) is 34.0. The minimum Gasteiger partial charge on any atom is -0.477 e. The van der Waals surface area contributed by atoms with Crippen LogP contribution in [0.3, 0.4) is 0 Å². The molecule has 2 aliphatic carbocycles. The van der Waals surface area contributed by atoms with Gasteiger partial charge in [0, 0.05) is 82.0 Å². The maximum absolute atomic E-state index is 15.4. The number of pyridine rings is 1. The predicted molar refractivity (Wildman–Crippen MR) is 243 cm³/mol. The fourth-order valence-corrected chi connectivity index (χ4v) is 9.66. The van der Waals surface area contributed by atoms with E-state index in [4.69, 9.17) is 40.9 Å². The van der Waals surface area contributed by atoms with E-state index in [1.165, 1.54) is 6.20 Å². The average Bonchev–Trinajstić information content (AvgIpc) is 4.10. The molecule has 2 aromatic heterocycles. The SMILES string of the molecule is NC[C@H]1O[C@H](O[C@H]2[C@H](O)[C@@H](O[C@H]3O[C@H](CO)[C@@H](O)[C@H](N)[C@H]3O)[C@H](NC(=O)CCc3cn(CCOCCN4CCN(c5cc6c(cc5F)c(=O)c(C(=O)O)cn6C5CC5)CC4)nn3)C[C@@H]2N)[C@H](O)[C@@H](O)[C@@H]1O. The third-order valence-electron chi connectivity index (χ3n) is 14.0. The smallest absolute Gasteiger partial charge is 0.341 e. The van der Waals surface area contributed by atoms with Crippen molar-refractivity contribution in [3.63, 3.8) is 0 Å². The average molecular weight is 1010 g/mol. The highest BCUT2D eigenvalue weighted by molar-refractivity contribution is 5.93. The van der Waals surface area contributed by atoms with Gasteiger partial charge in [0.2, 0.25) is 11.3 Å². The number of hydrogen-bond donors (Lipinski definition) is 12. The number of piperazine rings is 1. The van der Waals surface area contributed by atoms with E-state index in [1.54, 1.807) is 21.5 Å². The first-order valence-electron chi connectivity index (χ1n) is 23.8. The largest absolute Gasteiger partial charge is 0.477 e. The molecule has 71 heavy (non-hydrogen) atoms. The van der Waals surface area contributed by atoms with Gasteiger partial charge in [-0.1, -0.05) is 5.21 Å². The summed E-state index contributed by atoms with van der Waals surface area (Å²) in [6.07, 6.45) is -13.6. The Kier molecular flexibility index (Phi) is 17.0. The molecule has 0 bridgehead atoms. The van der Waals surface area contributed by atoms with Crippen LogP contribution in [0.4, 0.5) is 10.1 Å². The molecule has 15 N–H and O–H groups in total. The third kappa shape index (κ3) is 11.7. The standard InChI is InChI=1S/C44H65FN10O16/c45-24-13-22-27(55(21-2-3-21)18-23(33(22)58)42(65)66)15-28(24)53-7-5-52(6-8-53)9-11-67-12-10-54-17-20(50-51-54)1-4-31(57)49-26-14-25(47)40(70-44-38(63)37(62)35(60)29(16-46)68-44)39(64)41(26)71-43-36(61)32(48)34(59)30(19-56)69-43/h13,15,17-18,21,25-26,29-30,32,34-41,43-44,56,59-64H,1-12,14,16,19,46-48H2,(H,49,57)(H,65,66)/t25-,26+,29+,30+,32-,34+,35+,36+,37-,38+,39-,40+,41-,43+,44+/m0/s1. The van der Waals surface area contributed by atoms with Gasteiger partial charge in [0.1, 0.15) is 72.4 Å². The number of nitrogens with one attached hydrogen (secondary N) is 1. The minimum atomic E-state index is -1.78. The van der Waals surface area contributed by atoms with Crippen molar-refractivity contribution in [1.29, 1.82) is 0 Å². The second kappa shape index (κ2) is 22.8. The number of aromatic nitrogens is 4. The molecular formula is C44H65FN10O16. The maximum atomic E-state index is 15.4. The summed E-state index contributed by atoms with van der Waals surface area (Å²) in [5, 5.41) is 94.8. The van der Waals surface area contributed by atoms with Gasteiger partial charge in [-0.25, -0.2) is 13.9 Å². The van der Waals surface area contributed by atoms with Crippen LogP contribution in [0.2, 0.25) is 0 Å². The van der Waals surface area contributed by atoms with Crippen LogP contribution in [-0.2, 0) is 41.4 Å². The van der Waals surface area contributed by atoms with Crippen molar-refractivity contribution in [3.05, 3.63) is 51.8 Å². The lowest BCUT2D eigenvalue weighted by Gasteiger charge is -2.48. The molecule has 3 saturated heterocycles. The summed E-state index contributed by atoms with van der Waals surface area (Å²) in [7, 11) is 0. The van der Waals surface area contributed by atoms with Crippen molar-refractivity contribution in [3.8, 4) is 0 Å². The van der Waals surface area contributed by atoms with Crippen LogP contribution in [0, 0.1) is 5.82 Å². The molecule has 26 nitrogen and oxygen atoms in total. The number of nitrogens with zero attached hydrogens (tertiary/aromatic N) is 6. The molecule has 8 rings (SSSR count). The predicted octanol–water partition coefficient (Wildman–Crippen LogP) is -5.58. The lowest BCUT2D eigenvalue weighted by Crippen LogP contribution is -2.69. The van der Waals surface area contributed by atoms with E-state index in [0.717, 1.165) is 18.9 Å². The van der Waals surface area contributed by atoms with Gasteiger partial charge >= 0.3 is 5.97 Å². The number of carboxylic acids is 1. The second-order valence-corrected chi connectivity index (χ2v) is 18.9. The molecule has 15 atom stereocenters. The van der Waals surface area contributed by atoms with E-state index in [2.05, 4.69) is 20.5 Å². The Morgan fingerprint density at radius 3 is 2.24 bits per heavy atom. The van der Waals surface area contributed by atoms with Gasteiger partial charge in [-0.05, 0) is 31.4 Å². The zero-order chi connectivity index (χ0) is 50.8. The van der Waals surface area contributed by atoms with Gasteiger partial charge in [-0.15, -0.1) is 5.10 Å². The molecule has 5 aliphatic rings. The Morgan fingerprint density at radius 2 is 1.55 bits per heavy atom. The van der Waals surface area contributed by atoms with Gasteiger partial charge in [-0.3, -0.25) is 14.5 Å². The van der Waals surface area contributed by atoms with Crippen molar-refractivity contribution in [2.45, 2.75) is 136 Å². The van der Waals surface area contributed by atoms with E-state index in [9.17, 15) is 55.2 Å². The quantitative estimate of drug-likeness (QED) is 0.0498. The van der Waals surface area contributed by atoms with Gasteiger partial charge in [0.05, 0.1) is 55.3 Å². The molecule has 5 fully saturated rings. The zero-order valence-corrected chi connectivity index (χ0v) is 38.8. The number of aromatic carboxylic acids is 1. The number of benzene rings is 1. The topological polar surface area (TPSA) is 391 Å². The third-order valence-corrected chi connectivity index (χ3v) is 14.0. The fraction of sp³-hybridized carbons (Fsp3) is 0.705. The molecule has 0 spiro atoms. The molecule has 0 unspecified atom stereocenters. The summed E-state index contributed by atoms with van der Waals surface area (Å²) >= 11 is 0. The van der Waals surface area contributed by atoms with Crippen molar-refractivity contribution in [2.75, 3.05) is 64.0 Å². The normalized spacial score (nSPS) is 33.9. The highest BCUT2D eigenvalue weighted by Crippen LogP contribution is 2.38. The Balaban J connectivity index is 0.801. The molecule has 3 aromatic rings. The van der Waals surface area contributed by atoms with Crippen LogP contribution in [0.5, 0.6) is 0 Å². The highest BCUT2D eigenvalue weighted by atomic mass is 19.1. The minimum absolute atomic E-state index is 0.0537. The first-order valence-corrected chi connectivity index (χ1v) is 23.8. The molecule has 2 saturated carbocycles.